The summed E-state index contributed by atoms with van der Waals surface area (Å²) in [7, 11) is 0. The van der Waals surface area contributed by atoms with Crippen LogP contribution in [0.5, 0.6) is 0 Å². The molecule has 0 aliphatic heterocycles. The SMILES string of the molecule is CC1CC2CC1C1C3C=CC(C3)C21C(=O)Nc1ccccc1. The van der Waals surface area contributed by atoms with Crippen LogP contribution < -0.4 is 5.32 Å². The Kier molecular flexibility index (Phi) is 2.49. The maximum Gasteiger partial charge on any atom is 0.231 e. The van der Waals surface area contributed by atoms with Gasteiger partial charge in [-0.1, -0.05) is 37.3 Å². The highest BCUT2D eigenvalue weighted by atomic mass is 16.2. The molecular weight excluding hydrogens is 270 g/mol. The summed E-state index contributed by atoms with van der Waals surface area (Å²) in [6.07, 6.45) is 8.52. The van der Waals surface area contributed by atoms with E-state index in [9.17, 15) is 4.79 Å². The zero-order valence-corrected chi connectivity index (χ0v) is 13.0. The zero-order valence-electron chi connectivity index (χ0n) is 13.0. The number of hydrogen-bond acceptors (Lipinski definition) is 1. The summed E-state index contributed by atoms with van der Waals surface area (Å²) in [6.45, 7) is 2.40. The van der Waals surface area contributed by atoms with Gasteiger partial charge in [-0.05, 0) is 66.9 Å². The third-order valence-corrected chi connectivity index (χ3v) is 7.25. The second kappa shape index (κ2) is 4.24. The lowest BCUT2D eigenvalue weighted by molar-refractivity contribution is -0.134. The van der Waals surface area contributed by atoms with E-state index in [0.717, 1.165) is 17.5 Å². The van der Waals surface area contributed by atoms with Gasteiger partial charge in [0.05, 0.1) is 5.41 Å². The van der Waals surface area contributed by atoms with Crippen molar-refractivity contribution in [3.8, 4) is 0 Å². The van der Waals surface area contributed by atoms with Crippen LogP contribution in [0.4, 0.5) is 5.69 Å². The van der Waals surface area contributed by atoms with Gasteiger partial charge in [0.1, 0.15) is 0 Å². The number of fused-ring (bicyclic) bond motifs is 9. The molecule has 2 heteroatoms. The summed E-state index contributed by atoms with van der Waals surface area (Å²) in [4.78, 5) is 13.4. The van der Waals surface area contributed by atoms with Gasteiger partial charge in [0.25, 0.3) is 0 Å². The van der Waals surface area contributed by atoms with Crippen molar-refractivity contribution >= 4 is 11.6 Å². The summed E-state index contributed by atoms with van der Waals surface area (Å²) in [5.41, 5.74) is 0.843. The first kappa shape index (κ1) is 12.9. The Hall–Kier alpha value is -1.57. The molecule has 4 aliphatic carbocycles. The number of para-hydroxylation sites is 1. The van der Waals surface area contributed by atoms with E-state index in [1.54, 1.807) is 0 Å². The first-order chi connectivity index (χ1) is 10.7. The maximum atomic E-state index is 13.4. The Bertz CT molecular complexity index is 651. The summed E-state index contributed by atoms with van der Waals surface area (Å²) < 4.78 is 0. The van der Waals surface area contributed by atoms with Crippen molar-refractivity contribution in [3.05, 3.63) is 42.5 Å². The highest BCUT2D eigenvalue weighted by Gasteiger charge is 2.72. The molecule has 0 aromatic heterocycles. The second-order valence-corrected chi connectivity index (χ2v) is 7.98. The van der Waals surface area contributed by atoms with Crippen molar-refractivity contribution in [2.45, 2.75) is 26.2 Å². The third-order valence-electron chi connectivity index (χ3n) is 7.25. The van der Waals surface area contributed by atoms with E-state index < -0.39 is 0 Å². The summed E-state index contributed by atoms with van der Waals surface area (Å²) in [6, 6.07) is 9.99. The molecule has 0 radical (unpaired) electrons. The van der Waals surface area contributed by atoms with Crippen LogP contribution in [0, 0.1) is 40.9 Å². The molecule has 7 unspecified atom stereocenters. The minimum atomic E-state index is -0.105. The molecule has 1 aromatic carbocycles. The molecule has 0 spiro atoms. The first-order valence-electron chi connectivity index (χ1n) is 8.76. The van der Waals surface area contributed by atoms with Gasteiger partial charge < -0.3 is 5.32 Å². The number of nitrogens with one attached hydrogen (secondary N) is 1. The minimum Gasteiger partial charge on any atom is -0.326 e. The molecule has 3 saturated carbocycles. The summed E-state index contributed by atoms with van der Waals surface area (Å²) in [5, 5.41) is 3.26. The number of rotatable bonds is 2. The van der Waals surface area contributed by atoms with Crippen LogP contribution in [0.1, 0.15) is 26.2 Å². The standard InChI is InChI=1S/C20H23NO/c1-12-9-15-11-17(12)18-13-7-8-14(10-13)20(15,18)19(22)21-16-5-3-2-4-6-16/h2-8,12-15,17-18H,9-11H2,1H3,(H,21,22). The molecule has 1 amide bonds. The average Bonchev–Trinajstić information content (AvgIpc) is 3.25. The van der Waals surface area contributed by atoms with Crippen LogP contribution in [0.15, 0.2) is 42.5 Å². The van der Waals surface area contributed by atoms with Gasteiger partial charge in [0.15, 0.2) is 0 Å². The van der Waals surface area contributed by atoms with Crippen LogP contribution in [-0.4, -0.2) is 5.91 Å². The molecule has 1 N–H and O–H groups in total. The molecular formula is C20H23NO. The third kappa shape index (κ3) is 1.39. The molecule has 0 saturated heterocycles. The van der Waals surface area contributed by atoms with Gasteiger partial charge in [-0.15, -0.1) is 0 Å². The Labute approximate surface area is 132 Å². The molecule has 114 valence electrons. The van der Waals surface area contributed by atoms with Crippen LogP contribution in [-0.2, 0) is 4.79 Å². The largest absolute Gasteiger partial charge is 0.326 e. The molecule has 2 nitrogen and oxygen atoms in total. The predicted octanol–water partition coefficient (Wildman–Crippen LogP) is 4.11. The van der Waals surface area contributed by atoms with E-state index in [4.69, 9.17) is 0 Å². The molecule has 4 bridgehead atoms. The van der Waals surface area contributed by atoms with Crippen molar-refractivity contribution in [2.24, 2.45) is 40.9 Å². The summed E-state index contributed by atoms with van der Waals surface area (Å²) >= 11 is 0. The molecule has 5 rings (SSSR count). The smallest absolute Gasteiger partial charge is 0.231 e. The Balaban J connectivity index is 1.54. The highest BCUT2D eigenvalue weighted by molar-refractivity contribution is 5.97. The number of amides is 1. The Morgan fingerprint density at radius 3 is 2.77 bits per heavy atom. The van der Waals surface area contributed by atoms with E-state index in [1.807, 2.05) is 30.3 Å². The van der Waals surface area contributed by atoms with Crippen LogP contribution in [0.3, 0.4) is 0 Å². The van der Waals surface area contributed by atoms with Crippen molar-refractivity contribution in [1.82, 2.24) is 0 Å². The fourth-order valence-electron chi connectivity index (χ4n) is 6.63. The first-order valence-corrected chi connectivity index (χ1v) is 8.76. The monoisotopic (exact) mass is 293 g/mol. The van der Waals surface area contributed by atoms with Crippen molar-refractivity contribution in [1.29, 1.82) is 0 Å². The van der Waals surface area contributed by atoms with Crippen LogP contribution >= 0.6 is 0 Å². The van der Waals surface area contributed by atoms with E-state index in [2.05, 4.69) is 24.4 Å². The van der Waals surface area contributed by atoms with Gasteiger partial charge in [-0.3, -0.25) is 4.79 Å². The predicted molar refractivity (Wildman–Crippen MR) is 87.1 cm³/mol. The van der Waals surface area contributed by atoms with Gasteiger partial charge in [-0.2, -0.15) is 0 Å². The summed E-state index contributed by atoms with van der Waals surface area (Å²) in [5.74, 6) is 4.21. The van der Waals surface area contributed by atoms with Gasteiger partial charge in [0.2, 0.25) is 5.91 Å². The number of allylic oxidation sites excluding steroid dienone is 2. The molecule has 7 atom stereocenters. The zero-order chi connectivity index (χ0) is 14.9. The van der Waals surface area contributed by atoms with Crippen molar-refractivity contribution in [2.75, 3.05) is 5.32 Å². The van der Waals surface area contributed by atoms with E-state index in [-0.39, 0.29) is 5.41 Å². The van der Waals surface area contributed by atoms with E-state index in [1.165, 1.54) is 19.3 Å². The average molecular weight is 293 g/mol. The van der Waals surface area contributed by atoms with Crippen LogP contribution in [0.25, 0.3) is 0 Å². The lowest BCUT2D eigenvalue weighted by atomic mass is 9.58. The molecule has 3 fully saturated rings. The quantitative estimate of drug-likeness (QED) is 0.645. The lowest BCUT2D eigenvalue weighted by Crippen LogP contribution is -2.50. The number of anilines is 1. The van der Waals surface area contributed by atoms with Crippen molar-refractivity contribution < 1.29 is 4.79 Å². The Morgan fingerprint density at radius 2 is 1.95 bits per heavy atom. The number of carbonyl (C=O) groups is 1. The number of hydrogen-bond donors (Lipinski definition) is 1. The van der Waals surface area contributed by atoms with Crippen LogP contribution in [0.2, 0.25) is 0 Å². The van der Waals surface area contributed by atoms with E-state index in [0.29, 0.717) is 29.6 Å². The van der Waals surface area contributed by atoms with Crippen molar-refractivity contribution in [3.63, 3.8) is 0 Å². The fourth-order valence-corrected chi connectivity index (χ4v) is 6.63. The van der Waals surface area contributed by atoms with Gasteiger partial charge in [0, 0.05) is 5.69 Å². The fraction of sp³-hybridized carbons (Fsp3) is 0.550. The molecule has 4 aliphatic rings. The molecule has 1 aromatic rings. The maximum absolute atomic E-state index is 13.4. The molecule has 22 heavy (non-hydrogen) atoms. The Morgan fingerprint density at radius 1 is 1.14 bits per heavy atom. The number of benzene rings is 1. The van der Waals surface area contributed by atoms with Gasteiger partial charge >= 0.3 is 0 Å². The normalized spacial score (nSPS) is 47.0. The topological polar surface area (TPSA) is 29.1 Å². The lowest BCUT2D eigenvalue weighted by Gasteiger charge is -2.45. The highest BCUT2D eigenvalue weighted by Crippen LogP contribution is 2.73. The second-order valence-electron chi connectivity index (χ2n) is 7.98. The minimum absolute atomic E-state index is 0.105. The van der Waals surface area contributed by atoms with E-state index >= 15 is 0 Å². The molecule has 0 heterocycles. The van der Waals surface area contributed by atoms with Gasteiger partial charge in [-0.25, -0.2) is 0 Å². The number of carbonyl (C=O) groups excluding carboxylic acids is 1.